The first kappa shape index (κ1) is 14.4. The summed E-state index contributed by atoms with van der Waals surface area (Å²) in [5.74, 6) is 0.162. The van der Waals surface area contributed by atoms with Gasteiger partial charge in [-0.05, 0) is 22.0 Å². The Kier molecular flexibility index (Phi) is 4.45. The third-order valence-electron chi connectivity index (χ3n) is 3.58. The summed E-state index contributed by atoms with van der Waals surface area (Å²) in [6, 6.07) is 1.46. The standard InChI is InChI=1S/C13H16BrFN6/c14-11-9-12(15)13(16-10-11)20-6-3-19(4-7-20)5-8-21-2-1-17-18-21/h1-2,9-10H,3-8H2. The summed E-state index contributed by atoms with van der Waals surface area (Å²) in [4.78, 5) is 8.51. The Bertz CT molecular complexity index is 582. The lowest BCUT2D eigenvalue weighted by Crippen LogP contribution is -2.47. The lowest BCUT2D eigenvalue weighted by molar-refractivity contribution is 0.242. The first-order chi connectivity index (χ1) is 10.2. The van der Waals surface area contributed by atoms with Crippen LogP contribution in [0.1, 0.15) is 0 Å². The van der Waals surface area contributed by atoms with Crippen molar-refractivity contribution in [2.45, 2.75) is 6.54 Å². The smallest absolute Gasteiger partial charge is 0.166 e. The number of anilines is 1. The molecule has 0 atom stereocenters. The highest BCUT2D eigenvalue weighted by atomic mass is 79.9. The van der Waals surface area contributed by atoms with E-state index in [1.807, 2.05) is 15.8 Å². The molecule has 0 spiro atoms. The zero-order valence-corrected chi connectivity index (χ0v) is 13.1. The maximum atomic E-state index is 13.9. The van der Waals surface area contributed by atoms with Crippen LogP contribution in [-0.4, -0.2) is 57.6 Å². The summed E-state index contributed by atoms with van der Waals surface area (Å²) in [6.45, 7) is 5.10. The molecule has 0 bridgehead atoms. The fourth-order valence-electron chi connectivity index (χ4n) is 2.42. The molecular formula is C13H16BrFN6. The van der Waals surface area contributed by atoms with E-state index < -0.39 is 0 Å². The topological polar surface area (TPSA) is 50.1 Å². The van der Waals surface area contributed by atoms with Gasteiger partial charge in [-0.25, -0.2) is 9.37 Å². The van der Waals surface area contributed by atoms with Gasteiger partial charge in [-0.1, -0.05) is 5.21 Å². The minimum atomic E-state index is -0.277. The van der Waals surface area contributed by atoms with E-state index in [1.54, 1.807) is 12.4 Å². The molecule has 0 N–H and O–H groups in total. The Morgan fingerprint density at radius 1 is 1.19 bits per heavy atom. The normalized spacial score (nSPS) is 16.4. The minimum Gasteiger partial charge on any atom is -0.352 e. The SMILES string of the molecule is Fc1cc(Br)cnc1N1CCN(CCn2ccnn2)CC1. The molecule has 2 aromatic heterocycles. The molecule has 8 heteroatoms. The number of pyridine rings is 1. The van der Waals surface area contributed by atoms with E-state index >= 15 is 0 Å². The Morgan fingerprint density at radius 3 is 2.67 bits per heavy atom. The van der Waals surface area contributed by atoms with Crippen molar-refractivity contribution in [2.75, 3.05) is 37.6 Å². The van der Waals surface area contributed by atoms with Gasteiger partial charge in [0.05, 0.1) is 12.7 Å². The summed E-state index contributed by atoms with van der Waals surface area (Å²) < 4.78 is 16.4. The van der Waals surface area contributed by atoms with Crippen molar-refractivity contribution >= 4 is 21.7 Å². The van der Waals surface area contributed by atoms with E-state index in [0.29, 0.717) is 10.3 Å². The summed E-state index contributed by atoms with van der Waals surface area (Å²) in [6.07, 6.45) is 5.17. The molecule has 6 nitrogen and oxygen atoms in total. The van der Waals surface area contributed by atoms with Crippen molar-refractivity contribution in [1.82, 2.24) is 24.9 Å². The van der Waals surface area contributed by atoms with E-state index in [4.69, 9.17) is 0 Å². The van der Waals surface area contributed by atoms with Crippen LogP contribution in [0.25, 0.3) is 0 Å². The Balaban J connectivity index is 1.52. The third kappa shape index (κ3) is 3.56. The molecule has 0 aromatic carbocycles. The predicted molar refractivity (Wildman–Crippen MR) is 80.6 cm³/mol. The van der Waals surface area contributed by atoms with Crippen molar-refractivity contribution in [3.63, 3.8) is 0 Å². The van der Waals surface area contributed by atoms with Crippen LogP contribution >= 0.6 is 15.9 Å². The second-order valence-electron chi connectivity index (χ2n) is 4.95. The average Bonchev–Trinajstić information content (AvgIpc) is 2.99. The highest BCUT2D eigenvalue weighted by Gasteiger charge is 2.20. The quantitative estimate of drug-likeness (QED) is 0.830. The fraction of sp³-hybridized carbons (Fsp3) is 0.462. The number of aromatic nitrogens is 4. The number of hydrogen-bond acceptors (Lipinski definition) is 5. The molecule has 0 aliphatic carbocycles. The Morgan fingerprint density at radius 2 is 2.00 bits per heavy atom. The summed E-state index contributed by atoms with van der Waals surface area (Å²) >= 11 is 3.23. The minimum absolute atomic E-state index is 0.277. The van der Waals surface area contributed by atoms with Gasteiger partial charge in [0.1, 0.15) is 0 Å². The Hall–Kier alpha value is -1.54. The summed E-state index contributed by atoms with van der Waals surface area (Å²) in [5.41, 5.74) is 0. The van der Waals surface area contributed by atoms with Crippen LogP contribution in [0.2, 0.25) is 0 Å². The van der Waals surface area contributed by atoms with Gasteiger partial charge in [-0.2, -0.15) is 0 Å². The average molecular weight is 355 g/mol. The molecule has 3 heterocycles. The summed E-state index contributed by atoms with van der Waals surface area (Å²) in [5, 5.41) is 7.74. The van der Waals surface area contributed by atoms with E-state index in [9.17, 15) is 4.39 Å². The van der Waals surface area contributed by atoms with Crippen molar-refractivity contribution in [3.05, 3.63) is 34.9 Å². The van der Waals surface area contributed by atoms with Gasteiger partial charge in [0, 0.05) is 49.6 Å². The van der Waals surface area contributed by atoms with Gasteiger partial charge in [-0.3, -0.25) is 9.58 Å². The monoisotopic (exact) mass is 354 g/mol. The predicted octanol–water partition coefficient (Wildman–Crippen LogP) is 1.40. The molecule has 3 rings (SSSR count). The van der Waals surface area contributed by atoms with Gasteiger partial charge in [0.2, 0.25) is 0 Å². The second-order valence-corrected chi connectivity index (χ2v) is 5.87. The lowest BCUT2D eigenvalue weighted by Gasteiger charge is -2.35. The molecule has 1 fully saturated rings. The van der Waals surface area contributed by atoms with Crippen molar-refractivity contribution in [3.8, 4) is 0 Å². The number of rotatable bonds is 4. The number of halogens is 2. The number of hydrogen-bond donors (Lipinski definition) is 0. The van der Waals surface area contributed by atoms with Crippen molar-refractivity contribution in [2.24, 2.45) is 0 Å². The molecule has 0 saturated carbocycles. The lowest BCUT2D eigenvalue weighted by atomic mass is 10.3. The first-order valence-electron chi connectivity index (χ1n) is 6.85. The van der Waals surface area contributed by atoms with Crippen LogP contribution in [-0.2, 0) is 6.54 Å². The van der Waals surface area contributed by atoms with E-state index in [0.717, 1.165) is 39.3 Å². The van der Waals surface area contributed by atoms with Crippen molar-refractivity contribution in [1.29, 1.82) is 0 Å². The van der Waals surface area contributed by atoms with Crippen LogP contribution in [0.4, 0.5) is 10.2 Å². The molecule has 0 radical (unpaired) electrons. The van der Waals surface area contributed by atoms with E-state index in [1.165, 1.54) is 6.07 Å². The maximum Gasteiger partial charge on any atom is 0.166 e. The Labute approximate surface area is 130 Å². The van der Waals surface area contributed by atoms with Crippen LogP contribution in [0.5, 0.6) is 0 Å². The highest BCUT2D eigenvalue weighted by molar-refractivity contribution is 9.10. The molecule has 1 aliphatic heterocycles. The first-order valence-corrected chi connectivity index (χ1v) is 7.64. The second kappa shape index (κ2) is 6.48. The molecule has 1 aliphatic rings. The highest BCUT2D eigenvalue weighted by Crippen LogP contribution is 2.21. The molecule has 21 heavy (non-hydrogen) atoms. The van der Waals surface area contributed by atoms with Gasteiger partial charge in [0.25, 0.3) is 0 Å². The largest absolute Gasteiger partial charge is 0.352 e. The van der Waals surface area contributed by atoms with E-state index in [2.05, 4.69) is 36.1 Å². The van der Waals surface area contributed by atoms with E-state index in [-0.39, 0.29) is 5.82 Å². The maximum absolute atomic E-state index is 13.9. The van der Waals surface area contributed by atoms with Crippen LogP contribution in [0, 0.1) is 5.82 Å². The number of nitrogens with zero attached hydrogens (tertiary/aromatic N) is 6. The fourth-order valence-corrected chi connectivity index (χ4v) is 2.72. The number of piperazine rings is 1. The molecule has 1 saturated heterocycles. The third-order valence-corrected chi connectivity index (χ3v) is 4.01. The molecule has 2 aromatic rings. The molecular weight excluding hydrogens is 339 g/mol. The van der Waals surface area contributed by atoms with Crippen molar-refractivity contribution < 1.29 is 4.39 Å². The van der Waals surface area contributed by atoms with Gasteiger partial charge < -0.3 is 4.90 Å². The van der Waals surface area contributed by atoms with Gasteiger partial charge >= 0.3 is 0 Å². The van der Waals surface area contributed by atoms with Gasteiger partial charge in [0.15, 0.2) is 11.6 Å². The molecule has 0 unspecified atom stereocenters. The van der Waals surface area contributed by atoms with Crippen LogP contribution in [0.15, 0.2) is 29.1 Å². The zero-order valence-electron chi connectivity index (χ0n) is 11.5. The van der Waals surface area contributed by atoms with Crippen LogP contribution < -0.4 is 4.90 Å². The van der Waals surface area contributed by atoms with Gasteiger partial charge in [-0.15, -0.1) is 5.10 Å². The zero-order chi connectivity index (χ0) is 14.7. The summed E-state index contributed by atoms with van der Waals surface area (Å²) in [7, 11) is 0. The molecule has 112 valence electrons. The molecule has 0 amide bonds. The van der Waals surface area contributed by atoms with Crippen LogP contribution in [0.3, 0.4) is 0 Å².